The Hall–Kier alpha value is -0.710. The van der Waals surface area contributed by atoms with Gasteiger partial charge < -0.3 is 14.6 Å². The molecule has 138 valence electrons. The zero-order valence-electron chi connectivity index (χ0n) is 15.4. The predicted octanol–water partition coefficient (Wildman–Crippen LogP) is 3.23. The van der Waals surface area contributed by atoms with Crippen molar-refractivity contribution in [1.29, 1.82) is 0 Å². The van der Waals surface area contributed by atoms with Crippen LogP contribution in [0.1, 0.15) is 58.8 Å². The highest BCUT2D eigenvalue weighted by Gasteiger charge is 2.67. The van der Waals surface area contributed by atoms with Crippen LogP contribution in [0.2, 0.25) is 0 Å². The van der Waals surface area contributed by atoms with E-state index in [1.165, 1.54) is 5.57 Å². The Balaban J connectivity index is 1.63. The number of carbonyl (C=O) groups is 1. The third-order valence-electron chi connectivity index (χ3n) is 8.72. The molecule has 0 bridgehead atoms. The van der Waals surface area contributed by atoms with Gasteiger partial charge in [0.25, 0.3) is 0 Å². The molecule has 4 fully saturated rings. The number of ketones is 1. The van der Waals surface area contributed by atoms with Gasteiger partial charge in [-0.2, -0.15) is 0 Å². The maximum atomic E-state index is 12.1. The van der Waals surface area contributed by atoms with Crippen molar-refractivity contribution in [3.63, 3.8) is 0 Å². The van der Waals surface area contributed by atoms with Crippen molar-refractivity contribution in [2.24, 2.45) is 28.6 Å². The summed E-state index contributed by atoms with van der Waals surface area (Å²) < 4.78 is 12.6. The van der Waals surface area contributed by atoms with E-state index in [-0.39, 0.29) is 22.7 Å². The average Bonchev–Trinajstić information content (AvgIpc) is 3.16. The van der Waals surface area contributed by atoms with Gasteiger partial charge in [0.15, 0.2) is 11.6 Å². The maximum Gasteiger partial charge on any atom is 0.175 e. The lowest BCUT2D eigenvalue weighted by Crippen LogP contribution is -2.61. The quantitative estimate of drug-likeness (QED) is 0.732. The molecule has 5 aliphatic rings. The number of carbonyl (C=O) groups excluding carboxylic acids is 1. The summed E-state index contributed by atoms with van der Waals surface area (Å²) in [5.74, 6) is 0.971. The largest absolute Gasteiger partial charge is 0.393 e. The molecule has 4 aliphatic carbocycles. The van der Waals surface area contributed by atoms with E-state index in [1.807, 2.05) is 6.08 Å². The molecule has 1 spiro atoms. The first-order valence-corrected chi connectivity index (χ1v) is 10.1. The number of fused-ring (bicyclic) bond motifs is 6. The highest BCUT2D eigenvalue weighted by Crippen LogP contribution is 2.68. The first kappa shape index (κ1) is 16.5. The second kappa shape index (κ2) is 5.17. The molecule has 3 saturated carbocycles. The van der Waals surface area contributed by atoms with Gasteiger partial charge in [0.1, 0.15) is 0 Å². The van der Waals surface area contributed by atoms with E-state index in [1.54, 1.807) is 0 Å². The Kier molecular flexibility index (Phi) is 3.41. The summed E-state index contributed by atoms with van der Waals surface area (Å²) in [7, 11) is 0. The lowest BCUT2D eigenvalue weighted by Gasteiger charge is -2.62. The zero-order chi connectivity index (χ0) is 17.4. The lowest BCUT2D eigenvalue weighted by atomic mass is 9.45. The van der Waals surface area contributed by atoms with Crippen LogP contribution in [0.25, 0.3) is 0 Å². The van der Waals surface area contributed by atoms with Crippen molar-refractivity contribution in [2.75, 3.05) is 13.2 Å². The summed E-state index contributed by atoms with van der Waals surface area (Å²) in [6.45, 7) is 5.95. The Labute approximate surface area is 150 Å². The number of aliphatic hydroxyl groups is 1. The fourth-order valence-electron chi connectivity index (χ4n) is 7.24. The molecule has 0 unspecified atom stereocenters. The van der Waals surface area contributed by atoms with Crippen molar-refractivity contribution >= 4 is 5.78 Å². The van der Waals surface area contributed by atoms with Crippen molar-refractivity contribution in [3.8, 4) is 0 Å². The van der Waals surface area contributed by atoms with Gasteiger partial charge >= 0.3 is 0 Å². The topological polar surface area (TPSA) is 55.8 Å². The smallest absolute Gasteiger partial charge is 0.175 e. The van der Waals surface area contributed by atoms with Crippen LogP contribution in [0.4, 0.5) is 0 Å². The van der Waals surface area contributed by atoms with E-state index < -0.39 is 5.79 Å². The molecule has 25 heavy (non-hydrogen) atoms. The van der Waals surface area contributed by atoms with Crippen LogP contribution in [-0.2, 0) is 14.3 Å². The number of aliphatic hydroxyl groups excluding tert-OH is 1. The average molecular weight is 346 g/mol. The minimum absolute atomic E-state index is 0.00839. The fraction of sp³-hybridized carbons (Fsp3) is 0.857. The Morgan fingerprint density at radius 3 is 2.60 bits per heavy atom. The molecule has 1 aliphatic heterocycles. The van der Waals surface area contributed by atoms with Gasteiger partial charge in [-0.05, 0) is 60.8 Å². The molecular weight excluding hydrogens is 316 g/mol. The summed E-state index contributed by atoms with van der Waals surface area (Å²) >= 11 is 0. The van der Waals surface area contributed by atoms with Crippen molar-refractivity contribution in [1.82, 2.24) is 0 Å². The fourth-order valence-corrected chi connectivity index (χ4v) is 7.24. The molecule has 0 amide bonds. The van der Waals surface area contributed by atoms with E-state index >= 15 is 0 Å². The first-order valence-electron chi connectivity index (χ1n) is 10.1. The molecule has 4 nitrogen and oxygen atoms in total. The normalized spacial score (nSPS) is 51.0. The highest BCUT2D eigenvalue weighted by atomic mass is 16.7. The van der Waals surface area contributed by atoms with Crippen LogP contribution >= 0.6 is 0 Å². The SMILES string of the molecule is C[C@]12CC[C@H]3[C@H]([C@@H]1CC[C@@H]2O)C1(CC2=CC(=O)CC[C@@]23C)OCCO1. The van der Waals surface area contributed by atoms with Crippen LogP contribution in [0.15, 0.2) is 11.6 Å². The second-order valence-electron chi connectivity index (χ2n) is 9.62. The predicted molar refractivity (Wildman–Crippen MR) is 92.7 cm³/mol. The standard InChI is InChI=1S/C21H30O4/c1-19-7-5-14(22)11-13(19)12-21(24-9-10-25-21)18-15-3-4-17(23)20(15,2)8-6-16(18)19/h11,15-18,23H,3-10,12H2,1-2H3/t15-,16-,17-,18-,19-,20-/m0/s1. The molecular formula is C21H30O4. The Morgan fingerprint density at radius 1 is 1.08 bits per heavy atom. The Bertz CT molecular complexity index is 634. The minimum Gasteiger partial charge on any atom is -0.393 e. The Morgan fingerprint density at radius 2 is 1.84 bits per heavy atom. The number of hydrogen-bond acceptors (Lipinski definition) is 4. The maximum absolute atomic E-state index is 12.1. The number of ether oxygens (including phenoxy) is 2. The minimum atomic E-state index is -0.565. The van der Waals surface area contributed by atoms with Gasteiger partial charge in [0.05, 0.1) is 19.3 Å². The van der Waals surface area contributed by atoms with Crippen LogP contribution in [0.5, 0.6) is 0 Å². The van der Waals surface area contributed by atoms with Crippen LogP contribution < -0.4 is 0 Å². The molecule has 1 heterocycles. The molecule has 4 heteroatoms. The van der Waals surface area contributed by atoms with Gasteiger partial charge in [0, 0.05) is 18.8 Å². The molecule has 5 rings (SSSR count). The first-order chi connectivity index (χ1) is 11.9. The highest BCUT2D eigenvalue weighted by molar-refractivity contribution is 5.91. The van der Waals surface area contributed by atoms with E-state index in [4.69, 9.17) is 9.47 Å². The van der Waals surface area contributed by atoms with Crippen molar-refractivity contribution < 1.29 is 19.4 Å². The van der Waals surface area contributed by atoms with Crippen molar-refractivity contribution in [3.05, 3.63) is 11.6 Å². The summed E-state index contributed by atoms with van der Waals surface area (Å²) in [6, 6.07) is 0. The molecule has 0 aromatic carbocycles. The molecule has 6 atom stereocenters. The molecule has 1 N–H and O–H groups in total. The van der Waals surface area contributed by atoms with Gasteiger partial charge in [-0.1, -0.05) is 19.4 Å². The third kappa shape index (κ3) is 2.02. The summed E-state index contributed by atoms with van der Waals surface area (Å²) in [4.78, 5) is 12.1. The van der Waals surface area contributed by atoms with E-state index in [0.29, 0.717) is 37.4 Å². The third-order valence-corrected chi connectivity index (χ3v) is 8.72. The molecule has 0 aromatic rings. The van der Waals surface area contributed by atoms with Gasteiger partial charge in [-0.25, -0.2) is 0 Å². The van der Waals surface area contributed by atoms with E-state index in [2.05, 4.69) is 13.8 Å². The number of rotatable bonds is 0. The van der Waals surface area contributed by atoms with E-state index in [9.17, 15) is 9.90 Å². The molecule has 0 radical (unpaired) electrons. The van der Waals surface area contributed by atoms with E-state index in [0.717, 1.165) is 38.5 Å². The monoisotopic (exact) mass is 346 g/mol. The van der Waals surface area contributed by atoms with Gasteiger partial charge in [-0.15, -0.1) is 0 Å². The van der Waals surface area contributed by atoms with Gasteiger partial charge in [-0.3, -0.25) is 4.79 Å². The van der Waals surface area contributed by atoms with Crippen molar-refractivity contribution in [2.45, 2.75) is 70.7 Å². The lowest BCUT2D eigenvalue weighted by molar-refractivity contribution is -0.266. The van der Waals surface area contributed by atoms with Crippen LogP contribution in [-0.4, -0.2) is 36.0 Å². The van der Waals surface area contributed by atoms with Crippen LogP contribution in [0, 0.1) is 28.6 Å². The van der Waals surface area contributed by atoms with Gasteiger partial charge in [0.2, 0.25) is 0 Å². The summed E-state index contributed by atoms with van der Waals surface area (Å²) in [5, 5.41) is 10.7. The second-order valence-corrected chi connectivity index (χ2v) is 9.62. The molecule has 0 aromatic heterocycles. The summed E-state index contributed by atoms with van der Waals surface area (Å²) in [6.07, 6.45) is 8.22. The summed E-state index contributed by atoms with van der Waals surface area (Å²) in [5.41, 5.74) is 1.34. The van der Waals surface area contributed by atoms with Crippen LogP contribution in [0.3, 0.4) is 0 Å². The zero-order valence-corrected chi connectivity index (χ0v) is 15.4. The number of hydrogen-bond donors (Lipinski definition) is 1. The molecule has 1 saturated heterocycles.